The van der Waals surface area contributed by atoms with Gasteiger partial charge in [0.2, 0.25) is 15.0 Å². The third kappa shape index (κ3) is 5.53. The Kier molecular flexibility index (Phi) is 7.09. The molecule has 0 saturated heterocycles. The van der Waals surface area contributed by atoms with E-state index in [2.05, 4.69) is 14.7 Å². The Bertz CT molecular complexity index is 1360. The van der Waals surface area contributed by atoms with Crippen LogP contribution in [-0.2, 0) is 14.6 Å². The summed E-state index contributed by atoms with van der Waals surface area (Å²) in [4.78, 5) is 16.5. The predicted octanol–water partition coefficient (Wildman–Crippen LogP) is 4.06. The van der Waals surface area contributed by atoms with Crippen molar-refractivity contribution in [3.05, 3.63) is 58.7 Å². The Morgan fingerprint density at radius 2 is 1.97 bits per heavy atom. The normalized spacial score (nSPS) is 12.1. The molecule has 0 aliphatic carbocycles. The molecule has 0 unspecified atom stereocenters. The number of carbonyl (C=O) groups is 1. The van der Waals surface area contributed by atoms with Crippen LogP contribution in [0.5, 0.6) is 0 Å². The first-order valence-corrected chi connectivity index (χ1v) is 12.4. The molecule has 0 saturated carbocycles. The molecule has 0 spiro atoms. The van der Waals surface area contributed by atoms with E-state index in [1.807, 2.05) is 30.6 Å². The van der Waals surface area contributed by atoms with Crippen LogP contribution in [0.1, 0.15) is 30.8 Å². The number of nitrogens with one attached hydrogen (secondary N) is 1. The number of anilines is 1. The third-order valence-electron chi connectivity index (χ3n) is 4.68. The van der Waals surface area contributed by atoms with Gasteiger partial charge in [0, 0.05) is 28.6 Å². The van der Waals surface area contributed by atoms with Gasteiger partial charge in [-0.3, -0.25) is 10.1 Å². The summed E-state index contributed by atoms with van der Waals surface area (Å²) in [5.74, 6) is -1.28. The molecular weight excluding hydrogens is 465 g/mol. The van der Waals surface area contributed by atoms with Crippen LogP contribution in [0, 0.1) is 36.9 Å². The Labute approximate surface area is 195 Å². The molecule has 2 heterocycles. The minimum Gasteiger partial charge on any atom is -0.318 e. The van der Waals surface area contributed by atoms with Crippen molar-refractivity contribution in [3.63, 3.8) is 0 Å². The maximum absolute atomic E-state index is 13.3. The summed E-state index contributed by atoms with van der Waals surface area (Å²) < 4.78 is 43.5. The van der Waals surface area contributed by atoms with Crippen molar-refractivity contribution in [2.45, 2.75) is 32.9 Å². The second kappa shape index (κ2) is 9.64. The van der Waals surface area contributed by atoms with Crippen LogP contribution in [0.3, 0.4) is 0 Å². The number of hydrogen-bond acceptors (Lipinski definition) is 7. The fourth-order valence-corrected chi connectivity index (χ4v) is 5.64. The summed E-state index contributed by atoms with van der Waals surface area (Å²) in [6, 6.07) is 9.67. The van der Waals surface area contributed by atoms with E-state index in [9.17, 15) is 22.9 Å². The molecule has 1 amide bonds. The summed E-state index contributed by atoms with van der Waals surface area (Å²) in [6.45, 7) is 7.22. The first-order valence-electron chi connectivity index (χ1n) is 9.96. The van der Waals surface area contributed by atoms with E-state index in [-0.39, 0.29) is 33.3 Å². The first kappa shape index (κ1) is 24.3. The standard InChI is InChI=1S/C22H22FN5O3S2/c1-13(2)12-33(30,31)22-26-21(32-27-22)25-20(29)17(11-24)10-16-9-14(3)28(15(16)4)19-7-5-18(23)6-8-19/h5-10,13H,12H2,1-4H3,(H,25,26,27,29). The third-order valence-corrected chi connectivity index (χ3v) is 7.27. The number of aromatic nitrogens is 3. The number of rotatable bonds is 7. The average molecular weight is 488 g/mol. The highest BCUT2D eigenvalue weighted by Gasteiger charge is 2.23. The summed E-state index contributed by atoms with van der Waals surface area (Å²) in [7, 11) is -3.65. The van der Waals surface area contributed by atoms with Crippen molar-refractivity contribution < 1.29 is 17.6 Å². The molecule has 11 heteroatoms. The molecule has 1 aromatic carbocycles. The Balaban J connectivity index is 1.85. The lowest BCUT2D eigenvalue weighted by Crippen LogP contribution is -2.15. The van der Waals surface area contributed by atoms with Gasteiger partial charge in [0.25, 0.3) is 11.1 Å². The Morgan fingerprint density at radius 1 is 1.30 bits per heavy atom. The number of nitriles is 1. The van der Waals surface area contributed by atoms with Gasteiger partial charge in [-0.2, -0.15) is 14.6 Å². The molecule has 1 N–H and O–H groups in total. The van der Waals surface area contributed by atoms with E-state index in [0.29, 0.717) is 5.56 Å². The van der Waals surface area contributed by atoms with Gasteiger partial charge in [0.05, 0.1) is 5.75 Å². The second-order valence-corrected chi connectivity index (χ2v) is 10.5. The van der Waals surface area contributed by atoms with E-state index in [1.54, 1.807) is 26.0 Å². The molecule has 33 heavy (non-hydrogen) atoms. The molecular formula is C22H22FN5O3S2. The highest BCUT2D eigenvalue weighted by Crippen LogP contribution is 2.24. The zero-order valence-corrected chi connectivity index (χ0v) is 20.1. The number of hydrogen-bond donors (Lipinski definition) is 1. The van der Waals surface area contributed by atoms with Gasteiger partial charge in [-0.05, 0) is 61.7 Å². The number of sulfone groups is 1. The van der Waals surface area contributed by atoms with Crippen LogP contribution in [0.4, 0.5) is 9.52 Å². The minimum atomic E-state index is -3.65. The summed E-state index contributed by atoms with van der Waals surface area (Å²) in [5, 5.41) is 11.6. The Hall–Kier alpha value is -3.36. The molecule has 0 bridgehead atoms. The molecule has 2 aromatic heterocycles. The molecule has 3 aromatic rings. The lowest BCUT2D eigenvalue weighted by molar-refractivity contribution is -0.112. The SMILES string of the molecule is Cc1cc(C=C(C#N)C(=O)Nc2nc(S(=O)(=O)CC(C)C)ns2)c(C)n1-c1ccc(F)cc1. The van der Waals surface area contributed by atoms with E-state index < -0.39 is 15.7 Å². The van der Waals surface area contributed by atoms with Gasteiger partial charge in [-0.1, -0.05) is 13.8 Å². The van der Waals surface area contributed by atoms with Crippen LogP contribution in [-0.4, -0.2) is 34.0 Å². The largest absolute Gasteiger partial charge is 0.318 e. The van der Waals surface area contributed by atoms with Gasteiger partial charge >= 0.3 is 0 Å². The maximum atomic E-state index is 13.3. The molecule has 8 nitrogen and oxygen atoms in total. The number of nitrogens with zero attached hydrogens (tertiary/aromatic N) is 4. The van der Waals surface area contributed by atoms with Crippen molar-refractivity contribution in [3.8, 4) is 11.8 Å². The Morgan fingerprint density at radius 3 is 2.58 bits per heavy atom. The van der Waals surface area contributed by atoms with Crippen molar-refractivity contribution in [1.29, 1.82) is 5.26 Å². The van der Waals surface area contributed by atoms with Crippen molar-refractivity contribution in [2.75, 3.05) is 11.1 Å². The molecule has 3 rings (SSSR count). The number of amides is 1. The van der Waals surface area contributed by atoms with E-state index in [4.69, 9.17) is 0 Å². The van der Waals surface area contributed by atoms with Crippen LogP contribution in [0.15, 0.2) is 41.1 Å². The number of halogens is 1. The zero-order valence-electron chi connectivity index (χ0n) is 18.5. The van der Waals surface area contributed by atoms with Crippen molar-refractivity contribution in [2.24, 2.45) is 5.92 Å². The van der Waals surface area contributed by atoms with E-state index >= 15 is 0 Å². The van der Waals surface area contributed by atoms with Gasteiger partial charge in [-0.15, -0.1) is 0 Å². The lowest BCUT2D eigenvalue weighted by atomic mass is 10.1. The van der Waals surface area contributed by atoms with Gasteiger partial charge in [0.1, 0.15) is 17.5 Å². The molecule has 0 atom stereocenters. The molecule has 0 aliphatic heterocycles. The molecule has 172 valence electrons. The van der Waals surface area contributed by atoms with Crippen LogP contribution >= 0.6 is 11.5 Å². The van der Waals surface area contributed by atoms with E-state index in [1.165, 1.54) is 18.2 Å². The fraction of sp³-hybridized carbons (Fsp3) is 0.273. The first-order chi connectivity index (χ1) is 15.5. The molecule has 0 fully saturated rings. The van der Waals surface area contributed by atoms with Gasteiger partial charge < -0.3 is 4.57 Å². The van der Waals surface area contributed by atoms with Crippen LogP contribution in [0.2, 0.25) is 0 Å². The quantitative estimate of drug-likeness (QED) is 0.397. The fourth-order valence-electron chi connectivity index (χ4n) is 3.29. The topological polar surface area (TPSA) is 118 Å². The summed E-state index contributed by atoms with van der Waals surface area (Å²) in [6.07, 6.45) is 1.44. The highest BCUT2D eigenvalue weighted by atomic mass is 32.2. The summed E-state index contributed by atoms with van der Waals surface area (Å²) >= 11 is 0.731. The van der Waals surface area contributed by atoms with Gasteiger partial charge in [0.15, 0.2) is 0 Å². The lowest BCUT2D eigenvalue weighted by Gasteiger charge is -2.09. The van der Waals surface area contributed by atoms with Crippen LogP contribution < -0.4 is 5.32 Å². The number of benzene rings is 1. The smallest absolute Gasteiger partial charge is 0.268 e. The van der Waals surface area contributed by atoms with Crippen LogP contribution in [0.25, 0.3) is 11.8 Å². The van der Waals surface area contributed by atoms with Gasteiger partial charge in [-0.25, -0.2) is 12.8 Å². The molecule has 0 aliphatic rings. The average Bonchev–Trinajstić information content (AvgIpc) is 3.31. The minimum absolute atomic E-state index is 0.0136. The predicted molar refractivity (Wildman–Crippen MR) is 124 cm³/mol. The number of aryl methyl sites for hydroxylation is 1. The van der Waals surface area contributed by atoms with E-state index in [0.717, 1.165) is 28.6 Å². The monoisotopic (exact) mass is 487 g/mol. The second-order valence-electron chi connectivity index (χ2n) is 7.82. The molecule has 0 radical (unpaired) electrons. The number of carbonyl (C=O) groups excluding carboxylic acids is 1. The van der Waals surface area contributed by atoms with Crippen molar-refractivity contribution in [1.82, 2.24) is 13.9 Å². The van der Waals surface area contributed by atoms with Crippen molar-refractivity contribution >= 4 is 38.5 Å². The maximum Gasteiger partial charge on any atom is 0.268 e. The highest BCUT2D eigenvalue weighted by molar-refractivity contribution is 7.91. The zero-order chi connectivity index (χ0) is 24.3. The summed E-state index contributed by atoms with van der Waals surface area (Å²) in [5.41, 5.74) is 2.81.